The molecule has 102 valence electrons. The van der Waals surface area contributed by atoms with E-state index in [-0.39, 0.29) is 0 Å². The number of nitrogens with one attached hydrogen (secondary N) is 1. The Hall–Kier alpha value is -0.0400. The molecule has 0 spiro atoms. The van der Waals surface area contributed by atoms with Gasteiger partial charge in [-0.05, 0) is 43.9 Å². The lowest BCUT2D eigenvalue weighted by Crippen LogP contribution is -2.42. The van der Waals surface area contributed by atoms with Crippen molar-refractivity contribution >= 4 is 0 Å². The molecule has 0 radical (unpaired) electrons. The normalized spacial score (nSPS) is 31.4. The maximum Gasteiger partial charge on any atom is 0.00747 e. The smallest absolute Gasteiger partial charge is 0.00747 e. The Morgan fingerprint density at radius 2 is 1.59 bits per heavy atom. The average molecular weight is 239 g/mol. The van der Waals surface area contributed by atoms with Crippen LogP contribution < -0.4 is 5.32 Å². The van der Waals surface area contributed by atoms with E-state index in [1.165, 1.54) is 51.4 Å². The van der Waals surface area contributed by atoms with E-state index >= 15 is 0 Å². The van der Waals surface area contributed by atoms with Crippen LogP contribution in [0.3, 0.4) is 0 Å². The first-order valence-electron chi connectivity index (χ1n) is 7.91. The Morgan fingerprint density at radius 1 is 0.941 bits per heavy atom. The molecule has 1 heteroatoms. The van der Waals surface area contributed by atoms with E-state index in [1.54, 1.807) is 0 Å². The van der Waals surface area contributed by atoms with Gasteiger partial charge in [0.05, 0.1) is 0 Å². The van der Waals surface area contributed by atoms with Gasteiger partial charge in [0.15, 0.2) is 0 Å². The summed E-state index contributed by atoms with van der Waals surface area (Å²) in [6.45, 7) is 9.46. The number of rotatable bonds is 7. The fourth-order valence-electron chi connectivity index (χ4n) is 3.53. The molecule has 0 aliphatic heterocycles. The summed E-state index contributed by atoms with van der Waals surface area (Å²) >= 11 is 0. The molecule has 1 fully saturated rings. The maximum absolute atomic E-state index is 3.95. The molecule has 1 nitrogen and oxygen atoms in total. The van der Waals surface area contributed by atoms with Gasteiger partial charge in [-0.2, -0.15) is 0 Å². The van der Waals surface area contributed by atoms with Crippen LogP contribution in [0.2, 0.25) is 0 Å². The summed E-state index contributed by atoms with van der Waals surface area (Å²) in [6.07, 6.45) is 11.0. The molecule has 3 atom stereocenters. The van der Waals surface area contributed by atoms with E-state index in [4.69, 9.17) is 0 Å². The molecule has 0 aromatic carbocycles. The van der Waals surface area contributed by atoms with Crippen LogP contribution in [0.1, 0.15) is 79.1 Å². The van der Waals surface area contributed by atoms with Gasteiger partial charge in [0, 0.05) is 12.1 Å². The van der Waals surface area contributed by atoms with E-state index in [0.717, 1.165) is 23.9 Å². The molecule has 1 N–H and O–H groups in total. The molecule has 0 amide bonds. The van der Waals surface area contributed by atoms with E-state index < -0.39 is 0 Å². The minimum Gasteiger partial charge on any atom is -0.311 e. The first kappa shape index (κ1) is 15.0. The van der Waals surface area contributed by atoms with Gasteiger partial charge in [0.25, 0.3) is 0 Å². The molecule has 0 heterocycles. The van der Waals surface area contributed by atoms with Gasteiger partial charge in [-0.15, -0.1) is 0 Å². The van der Waals surface area contributed by atoms with Gasteiger partial charge in [0.2, 0.25) is 0 Å². The van der Waals surface area contributed by atoms with Crippen molar-refractivity contribution in [2.24, 2.45) is 11.8 Å². The largest absolute Gasteiger partial charge is 0.311 e. The van der Waals surface area contributed by atoms with Crippen LogP contribution in [0.15, 0.2) is 0 Å². The van der Waals surface area contributed by atoms with E-state index in [9.17, 15) is 0 Å². The Morgan fingerprint density at radius 3 is 2.12 bits per heavy atom. The summed E-state index contributed by atoms with van der Waals surface area (Å²) in [6, 6.07) is 1.57. The highest BCUT2D eigenvalue weighted by molar-refractivity contribution is 4.82. The second-order valence-electron chi connectivity index (χ2n) is 6.41. The molecule has 1 aliphatic carbocycles. The Balaban J connectivity index is 2.36. The molecule has 17 heavy (non-hydrogen) atoms. The van der Waals surface area contributed by atoms with Gasteiger partial charge in [0.1, 0.15) is 0 Å². The third kappa shape index (κ3) is 5.90. The van der Waals surface area contributed by atoms with Crippen molar-refractivity contribution < 1.29 is 0 Å². The lowest BCUT2D eigenvalue weighted by atomic mass is 9.80. The summed E-state index contributed by atoms with van der Waals surface area (Å²) in [7, 11) is 0. The molecular formula is C16H33N. The number of hydrogen-bond acceptors (Lipinski definition) is 1. The van der Waals surface area contributed by atoms with E-state index in [2.05, 4.69) is 33.0 Å². The quantitative estimate of drug-likeness (QED) is 0.675. The molecular weight excluding hydrogens is 206 g/mol. The fraction of sp³-hybridized carbons (Fsp3) is 1.00. The molecule has 1 aliphatic rings. The zero-order chi connectivity index (χ0) is 12.7. The third-order valence-corrected chi connectivity index (χ3v) is 4.19. The maximum atomic E-state index is 3.95. The first-order chi connectivity index (χ1) is 8.15. The van der Waals surface area contributed by atoms with Crippen molar-refractivity contribution in [3.63, 3.8) is 0 Å². The minimum atomic E-state index is 0.780. The lowest BCUT2D eigenvalue weighted by molar-refractivity contribution is 0.218. The van der Waals surface area contributed by atoms with Crippen LogP contribution in [0.4, 0.5) is 0 Å². The third-order valence-electron chi connectivity index (χ3n) is 4.19. The van der Waals surface area contributed by atoms with E-state index in [0.29, 0.717) is 0 Å². The lowest BCUT2D eigenvalue weighted by Gasteiger charge is -2.35. The average Bonchev–Trinajstić information content (AvgIpc) is 2.24. The van der Waals surface area contributed by atoms with Gasteiger partial charge in [-0.3, -0.25) is 0 Å². The standard InChI is InChI=1S/C16H33N/c1-5-7-9-15(8-6-2)17-16-11-13(3)10-14(4)12-16/h13-17H,5-12H2,1-4H3. The van der Waals surface area contributed by atoms with Gasteiger partial charge in [-0.1, -0.05) is 47.0 Å². The van der Waals surface area contributed by atoms with Crippen molar-refractivity contribution in [3.8, 4) is 0 Å². The number of unbranched alkanes of at least 4 members (excludes halogenated alkanes) is 1. The Bertz CT molecular complexity index is 180. The fourth-order valence-corrected chi connectivity index (χ4v) is 3.53. The molecule has 0 saturated heterocycles. The van der Waals surface area contributed by atoms with Crippen LogP contribution in [0.5, 0.6) is 0 Å². The van der Waals surface area contributed by atoms with Crippen LogP contribution in [0.25, 0.3) is 0 Å². The molecule has 1 saturated carbocycles. The number of hydrogen-bond donors (Lipinski definition) is 1. The van der Waals surface area contributed by atoms with E-state index in [1.807, 2.05) is 0 Å². The zero-order valence-electron chi connectivity index (χ0n) is 12.5. The summed E-state index contributed by atoms with van der Waals surface area (Å²) in [5.41, 5.74) is 0. The highest BCUT2D eigenvalue weighted by atomic mass is 15.0. The molecule has 0 aromatic heterocycles. The highest BCUT2D eigenvalue weighted by Gasteiger charge is 2.25. The summed E-state index contributed by atoms with van der Waals surface area (Å²) in [5, 5.41) is 3.95. The SMILES string of the molecule is CCCCC(CCC)NC1CC(C)CC(C)C1. The van der Waals surface area contributed by atoms with Crippen molar-refractivity contribution in [2.75, 3.05) is 0 Å². The van der Waals surface area contributed by atoms with Crippen molar-refractivity contribution in [1.82, 2.24) is 5.32 Å². The van der Waals surface area contributed by atoms with Crippen molar-refractivity contribution in [3.05, 3.63) is 0 Å². The second kappa shape index (κ2) is 8.13. The molecule has 3 unspecified atom stereocenters. The van der Waals surface area contributed by atoms with Crippen LogP contribution in [-0.2, 0) is 0 Å². The van der Waals surface area contributed by atoms with Gasteiger partial charge in [-0.25, -0.2) is 0 Å². The second-order valence-corrected chi connectivity index (χ2v) is 6.41. The summed E-state index contributed by atoms with van der Waals surface area (Å²) in [5.74, 6) is 1.84. The highest BCUT2D eigenvalue weighted by Crippen LogP contribution is 2.29. The van der Waals surface area contributed by atoms with Crippen molar-refractivity contribution in [1.29, 1.82) is 0 Å². The van der Waals surface area contributed by atoms with Crippen molar-refractivity contribution in [2.45, 2.75) is 91.1 Å². The summed E-state index contributed by atoms with van der Waals surface area (Å²) < 4.78 is 0. The van der Waals surface area contributed by atoms with Gasteiger partial charge >= 0.3 is 0 Å². The monoisotopic (exact) mass is 239 g/mol. The predicted molar refractivity (Wildman–Crippen MR) is 77.3 cm³/mol. The molecule has 0 bridgehead atoms. The molecule has 1 rings (SSSR count). The zero-order valence-corrected chi connectivity index (χ0v) is 12.5. The van der Waals surface area contributed by atoms with Crippen LogP contribution >= 0.6 is 0 Å². The minimum absolute atomic E-state index is 0.780. The summed E-state index contributed by atoms with van der Waals surface area (Å²) in [4.78, 5) is 0. The predicted octanol–water partition coefficient (Wildman–Crippen LogP) is 4.76. The first-order valence-corrected chi connectivity index (χ1v) is 7.91. The Kier molecular flexibility index (Phi) is 7.18. The molecule has 0 aromatic rings. The Labute approximate surface area is 109 Å². The van der Waals surface area contributed by atoms with Gasteiger partial charge < -0.3 is 5.32 Å². The van der Waals surface area contributed by atoms with Crippen LogP contribution in [0, 0.1) is 11.8 Å². The topological polar surface area (TPSA) is 12.0 Å². The van der Waals surface area contributed by atoms with Crippen LogP contribution in [-0.4, -0.2) is 12.1 Å².